The molecule has 3 nitrogen and oxygen atoms in total. The van der Waals surface area contributed by atoms with Gasteiger partial charge in [-0.15, -0.1) is 0 Å². The summed E-state index contributed by atoms with van der Waals surface area (Å²) in [7, 11) is 0. The molecule has 0 spiro atoms. The molecule has 0 saturated carbocycles. The zero-order valence-corrected chi connectivity index (χ0v) is 34.2. The fourth-order valence-electron chi connectivity index (χ4n) is 10.2. The van der Waals surface area contributed by atoms with Crippen LogP contribution in [0, 0.1) is 0 Å². The van der Waals surface area contributed by atoms with Gasteiger partial charge in [-0.05, 0) is 104 Å². The Bertz CT molecular complexity index is 3690. The van der Waals surface area contributed by atoms with E-state index in [0.717, 1.165) is 55.4 Å². The lowest BCUT2D eigenvalue weighted by Crippen LogP contribution is -1.98. The maximum absolute atomic E-state index is 6.69. The first-order valence-electron chi connectivity index (χ1n) is 21.6. The molecule has 0 fully saturated rings. The summed E-state index contributed by atoms with van der Waals surface area (Å²) in [6.45, 7) is 0. The monoisotopic (exact) mass is 802 g/mol. The van der Waals surface area contributed by atoms with Crippen molar-refractivity contribution in [2.24, 2.45) is 0 Å². The van der Waals surface area contributed by atoms with Crippen LogP contribution in [-0.2, 0) is 0 Å². The van der Waals surface area contributed by atoms with Crippen molar-refractivity contribution < 1.29 is 4.42 Å². The first-order chi connectivity index (χ1) is 31.3. The predicted octanol–water partition coefficient (Wildman–Crippen LogP) is 16.6. The van der Waals surface area contributed by atoms with E-state index in [2.05, 4.69) is 240 Å². The average Bonchev–Trinajstić information content (AvgIpc) is 3.74. The maximum atomic E-state index is 6.69. The van der Waals surface area contributed by atoms with E-state index in [1.807, 2.05) is 0 Å². The molecule has 0 atom stereocenters. The van der Waals surface area contributed by atoms with Crippen molar-refractivity contribution in [3.63, 3.8) is 0 Å². The Morgan fingerprint density at radius 3 is 0.698 bits per heavy atom. The van der Waals surface area contributed by atoms with Crippen LogP contribution in [-0.4, -0.2) is 9.13 Å². The summed E-state index contributed by atoms with van der Waals surface area (Å²) in [5, 5.41) is 16.5. The summed E-state index contributed by atoms with van der Waals surface area (Å²) in [6.07, 6.45) is 0. The second-order valence-electron chi connectivity index (χ2n) is 16.4. The van der Waals surface area contributed by atoms with Gasteiger partial charge in [0.2, 0.25) is 0 Å². The topological polar surface area (TPSA) is 23.0 Å². The molecule has 10 aromatic carbocycles. The molecule has 0 aliphatic heterocycles. The van der Waals surface area contributed by atoms with E-state index in [1.165, 1.54) is 64.6 Å². The number of para-hydroxylation sites is 4. The fraction of sp³-hybridized carbons (Fsp3) is 0. The lowest BCUT2D eigenvalue weighted by Gasteiger charge is -2.14. The third-order valence-electron chi connectivity index (χ3n) is 13.0. The largest absolute Gasteiger partial charge is 0.456 e. The van der Waals surface area contributed by atoms with Gasteiger partial charge in [-0.3, -0.25) is 0 Å². The van der Waals surface area contributed by atoms with Crippen molar-refractivity contribution in [2.45, 2.75) is 0 Å². The number of furan rings is 1. The Balaban J connectivity index is 1.16. The van der Waals surface area contributed by atoms with Gasteiger partial charge in [0.1, 0.15) is 11.2 Å². The highest BCUT2D eigenvalue weighted by atomic mass is 16.3. The highest BCUT2D eigenvalue weighted by Crippen LogP contribution is 2.39. The molecule has 0 unspecified atom stereocenters. The van der Waals surface area contributed by atoms with Crippen LogP contribution in [0.4, 0.5) is 0 Å². The van der Waals surface area contributed by atoms with Gasteiger partial charge in [0.05, 0.1) is 22.1 Å². The molecule has 3 heteroatoms. The highest BCUT2D eigenvalue weighted by molar-refractivity contribution is 6.21. The van der Waals surface area contributed by atoms with E-state index in [4.69, 9.17) is 4.42 Å². The van der Waals surface area contributed by atoms with Gasteiger partial charge in [0, 0.05) is 43.7 Å². The Morgan fingerprint density at radius 2 is 0.429 bits per heavy atom. The summed E-state index contributed by atoms with van der Waals surface area (Å²) in [5.41, 5.74) is 8.26. The maximum Gasteiger partial charge on any atom is 0.135 e. The number of benzene rings is 10. The molecular weight excluding hydrogens is 765 g/mol. The van der Waals surface area contributed by atoms with Crippen molar-refractivity contribution in [3.8, 4) is 11.4 Å². The Kier molecular flexibility index (Phi) is 7.91. The summed E-state index contributed by atoms with van der Waals surface area (Å²) in [4.78, 5) is 0. The van der Waals surface area contributed by atoms with Crippen molar-refractivity contribution in [1.29, 1.82) is 0 Å². The minimum atomic E-state index is 0.848. The number of hydrogen-bond acceptors (Lipinski definition) is 1. The minimum absolute atomic E-state index is 0.848. The smallest absolute Gasteiger partial charge is 0.135 e. The van der Waals surface area contributed by atoms with E-state index in [1.54, 1.807) is 0 Å². The number of fused-ring (bicyclic) bond motifs is 17. The molecule has 13 rings (SSSR count). The molecule has 0 aliphatic rings. The predicted molar refractivity (Wildman–Crippen MR) is 268 cm³/mol. The van der Waals surface area contributed by atoms with E-state index < -0.39 is 0 Å². The van der Waals surface area contributed by atoms with Gasteiger partial charge in [0.15, 0.2) is 0 Å². The van der Waals surface area contributed by atoms with E-state index in [0.29, 0.717) is 0 Å². The third-order valence-corrected chi connectivity index (χ3v) is 13.0. The van der Waals surface area contributed by atoms with Gasteiger partial charge >= 0.3 is 0 Å². The molecule has 3 aromatic heterocycles. The average molecular weight is 803 g/mol. The van der Waals surface area contributed by atoms with Crippen LogP contribution in [0.25, 0.3) is 120 Å². The van der Waals surface area contributed by atoms with Crippen molar-refractivity contribution in [2.75, 3.05) is 0 Å². The van der Waals surface area contributed by atoms with E-state index >= 15 is 0 Å². The lowest BCUT2D eigenvalue weighted by atomic mass is 10.0. The molecule has 294 valence electrons. The second-order valence-corrected chi connectivity index (χ2v) is 16.4. The van der Waals surface area contributed by atoms with Crippen molar-refractivity contribution in [3.05, 3.63) is 231 Å². The van der Waals surface area contributed by atoms with E-state index in [9.17, 15) is 0 Å². The molecule has 13 aromatic rings. The molecule has 0 bridgehead atoms. The summed E-state index contributed by atoms with van der Waals surface area (Å²) in [6, 6.07) is 83.8. The minimum Gasteiger partial charge on any atom is -0.456 e. The van der Waals surface area contributed by atoms with Crippen LogP contribution in [0.5, 0.6) is 0 Å². The first-order valence-corrected chi connectivity index (χ1v) is 21.6. The van der Waals surface area contributed by atoms with Crippen LogP contribution in [0.15, 0.2) is 235 Å². The normalized spacial score (nSPS) is 11.8. The second kappa shape index (κ2) is 14.1. The number of nitrogens with zero attached hydrogens (tertiary/aromatic N) is 2. The zero-order chi connectivity index (χ0) is 41.4. The zero-order valence-electron chi connectivity index (χ0n) is 34.2. The molecule has 0 saturated heterocycles. The molecule has 0 N–H and O–H groups in total. The van der Waals surface area contributed by atoms with Crippen LogP contribution in [0.3, 0.4) is 0 Å². The molecule has 0 radical (unpaired) electrons. The number of hydrogen-bond donors (Lipinski definition) is 0. The number of rotatable bonds is 2. The van der Waals surface area contributed by atoms with E-state index in [-0.39, 0.29) is 0 Å². The van der Waals surface area contributed by atoms with Crippen LogP contribution >= 0.6 is 0 Å². The number of aromatic nitrogens is 2. The van der Waals surface area contributed by atoms with Gasteiger partial charge in [-0.1, -0.05) is 170 Å². The van der Waals surface area contributed by atoms with Crippen molar-refractivity contribution >= 4 is 109 Å². The van der Waals surface area contributed by atoms with Gasteiger partial charge in [-0.25, -0.2) is 0 Å². The molecular formula is C60H38N2O. The quantitative estimate of drug-likeness (QED) is 0.171. The fourth-order valence-corrected chi connectivity index (χ4v) is 10.2. The molecule has 63 heavy (non-hydrogen) atoms. The highest BCUT2D eigenvalue weighted by Gasteiger charge is 2.16. The lowest BCUT2D eigenvalue weighted by molar-refractivity contribution is 0.669. The Labute approximate surface area is 362 Å². The standard InChI is InChI=1S/C60H38N2O/c1-5-21-45-41(17-1)42-18-2-6-22-46(42)50-26-10-14-30-56(50)61(55-29-13-9-25-49(45)55)39-33-35-59-53(37-39)54-38-40(34-36-60(54)63-59)62-57-31-15-11-27-51(57)47-23-7-3-19-43(47)44-20-4-8-24-48(44)52-28-12-16-32-58(52)62/h1-38H. The molecule has 3 heterocycles. The van der Waals surface area contributed by atoms with Crippen LogP contribution < -0.4 is 0 Å². The summed E-state index contributed by atoms with van der Waals surface area (Å²) in [5.74, 6) is 0. The van der Waals surface area contributed by atoms with Crippen molar-refractivity contribution in [1.82, 2.24) is 9.13 Å². The summed E-state index contributed by atoms with van der Waals surface area (Å²) >= 11 is 0. The van der Waals surface area contributed by atoms with Crippen LogP contribution in [0.1, 0.15) is 0 Å². The SMILES string of the molecule is c1ccc2c(c1)c1ccccc1c1ccccc1n(-c1ccc3oc4ccc(-n5c6ccccc6c6ccccc6c6ccccc6c6ccccc65)cc4c3c1)c1ccccc21. The first kappa shape index (κ1) is 35.4. The van der Waals surface area contributed by atoms with Gasteiger partial charge in [0.25, 0.3) is 0 Å². The van der Waals surface area contributed by atoms with Crippen LogP contribution in [0.2, 0.25) is 0 Å². The van der Waals surface area contributed by atoms with Gasteiger partial charge in [-0.2, -0.15) is 0 Å². The summed E-state index contributed by atoms with van der Waals surface area (Å²) < 4.78 is 11.6. The molecule has 0 aliphatic carbocycles. The Morgan fingerprint density at radius 1 is 0.206 bits per heavy atom. The van der Waals surface area contributed by atoms with Gasteiger partial charge < -0.3 is 13.6 Å². The third kappa shape index (κ3) is 5.46. The Hall–Kier alpha value is -8.40. The molecule has 0 amide bonds.